The second-order valence-corrected chi connectivity index (χ2v) is 3.97. The van der Waals surface area contributed by atoms with Crippen LogP contribution in [-0.2, 0) is 16.0 Å². The minimum absolute atomic E-state index is 0.366. The third-order valence-electron chi connectivity index (χ3n) is 2.71. The fourth-order valence-electron chi connectivity index (χ4n) is 1.69. The van der Waals surface area contributed by atoms with Crippen LogP contribution in [-0.4, -0.2) is 26.2 Å². The summed E-state index contributed by atoms with van der Waals surface area (Å²) in [5.41, 5.74) is 7.89. The van der Waals surface area contributed by atoms with Crippen molar-refractivity contribution in [3.63, 3.8) is 0 Å². The number of nitrogens with two attached hydrogens (primary N) is 1. The van der Waals surface area contributed by atoms with Gasteiger partial charge < -0.3 is 15.2 Å². The lowest BCUT2D eigenvalue weighted by molar-refractivity contribution is -0.142. The van der Waals surface area contributed by atoms with Gasteiger partial charge in [-0.1, -0.05) is 12.1 Å². The summed E-state index contributed by atoms with van der Waals surface area (Å²) in [5, 5.41) is 0. The summed E-state index contributed by atoms with van der Waals surface area (Å²) in [5.74, 6) is 0.501. The highest BCUT2D eigenvalue weighted by Gasteiger charge is 2.13. The third-order valence-corrected chi connectivity index (χ3v) is 2.71. The number of benzene rings is 1. The van der Waals surface area contributed by atoms with Gasteiger partial charge in [0.25, 0.3) is 0 Å². The molecule has 0 spiro atoms. The predicted molar refractivity (Wildman–Crippen MR) is 66.0 cm³/mol. The van der Waals surface area contributed by atoms with Crippen molar-refractivity contribution in [2.75, 3.05) is 14.2 Å². The number of carbonyl (C=O) groups is 1. The SMILES string of the molecule is COC(=O)C(N)CCc1ccc(OC)c(C)c1. The summed E-state index contributed by atoms with van der Waals surface area (Å²) in [7, 11) is 2.99. The maximum absolute atomic E-state index is 11.1. The maximum Gasteiger partial charge on any atom is 0.322 e. The van der Waals surface area contributed by atoms with Crippen LogP contribution in [0.4, 0.5) is 0 Å². The van der Waals surface area contributed by atoms with Crippen molar-refractivity contribution in [2.24, 2.45) is 5.73 Å². The Bertz CT molecular complexity index is 390. The van der Waals surface area contributed by atoms with Crippen LogP contribution in [0.15, 0.2) is 18.2 Å². The van der Waals surface area contributed by atoms with Crippen LogP contribution in [0.3, 0.4) is 0 Å². The third kappa shape index (κ3) is 3.75. The highest BCUT2D eigenvalue weighted by molar-refractivity contribution is 5.75. The van der Waals surface area contributed by atoms with Crippen LogP contribution in [0.25, 0.3) is 0 Å². The molecule has 0 aliphatic rings. The van der Waals surface area contributed by atoms with E-state index in [1.54, 1.807) is 7.11 Å². The van der Waals surface area contributed by atoms with Crippen molar-refractivity contribution in [1.82, 2.24) is 0 Å². The van der Waals surface area contributed by atoms with Gasteiger partial charge in [-0.3, -0.25) is 4.79 Å². The van der Waals surface area contributed by atoms with E-state index >= 15 is 0 Å². The lowest BCUT2D eigenvalue weighted by atomic mass is 10.0. The van der Waals surface area contributed by atoms with Crippen molar-refractivity contribution in [1.29, 1.82) is 0 Å². The monoisotopic (exact) mass is 237 g/mol. The van der Waals surface area contributed by atoms with E-state index in [0.29, 0.717) is 6.42 Å². The summed E-state index contributed by atoms with van der Waals surface area (Å²) in [6, 6.07) is 5.40. The summed E-state index contributed by atoms with van der Waals surface area (Å²) in [6.07, 6.45) is 1.33. The molecule has 0 saturated heterocycles. The largest absolute Gasteiger partial charge is 0.496 e. The Labute approximate surface area is 102 Å². The molecular weight excluding hydrogens is 218 g/mol. The Kier molecular flexibility index (Phi) is 4.97. The molecule has 0 saturated carbocycles. The number of methoxy groups -OCH3 is 2. The first kappa shape index (κ1) is 13.5. The molecule has 1 aromatic rings. The van der Waals surface area contributed by atoms with E-state index in [4.69, 9.17) is 10.5 Å². The molecule has 0 amide bonds. The quantitative estimate of drug-likeness (QED) is 0.787. The molecule has 2 N–H and O–H groups in total. The summed E-state index contributed by atoms with van der Waals surface area (Å²) in [6.45, 7) is 1.99. The van der Waals surface area contributed by atoms with Gasteiger partial charge in [0.05, 0.1) is 14.2 Å². The molecule has 0 aliphatic heterocycles. The average Bonchev–Trinajstić information content (AvgIpc) is 2.35. The van der Waals surface area contributed by atoms with Crippen molar-refractivity contribution >= 4 is 5.97 Å². The Morgan fingerprint density at radius 2 is 2.12 bits per heavy atom. The van der Waals surface area contributed by atoms with Crippen molar-refractivity contribution < 1.29 is 14.3 Å². The minimum atomic E-state index is -0.553. The van der Waals surface area contributed by atoms with Gasteiger partial charge in [-0.2, -0.15) is 0 Å². The molecule has 1 unspecified atom stereocenters. The molecular formula is C13H19NO3. The van der Waals surface area contributed by atoms with E-state index in [0.717, 1.165) is 23.3 Å². The zero-order chi connectivity index (χ0) is 12.8. The molecule has 0 bridgehead atoms. The van der Waals surface area contributed by atoms with E-state index in [9.17, 15) is 4.79 Å². The van der Waals surface area contributed by atoms with Gasteiger partial charge in [0.15, 0.2) is 0 Å². The smallest absolute Gasteiger partial charge is 0.322 e. The molecule has 0 aromatic heterocycles. The van der Waals surface area contributed by atoms with Crippen molar-refractivity contribution in [3.8, 4) is 5.75 Å². The van der Waals surface area contributed by atoms with Gasteiger partial charge in [-0.15, -0.1) is 0 Å². The first-order chi connectivity index (χ1) is 8.08. The molecule has 1 aromatic carbocycles. The maximum atomic E-state index is 11.1. The fourth-order valence-corrected chi connectivity index (χ4v) is 1.69. The normalized spacial score (nSPS) is 12.0. The molecule has 4 nitrogen and oxygen atoms in total. The van der Waals surface area contributed by atoms with Crippen LogP contribution < -0.4 is 10.5 Å². The lowest BCUT2D eigenvalue weighted by Crippen LogP contribution is -2.31. The first-order valence-electron chi connectivity index (χ1n) is 5.55. The molecule has 0 fully saturated rings. The Hall–Kier alpha value is -1.55. The van der Waals surface area contributed by atoms with E-state index in [1.165, 1.54) is 7.11 Å². The predicted octanol–water partition coefficient (Wildman–Crippen LogP) is 1.44. The number of aryl methyl sites for hydroxylation is 2. The zero-order valence-electron chi connectivity index (χ0n) is 10.5. The lowest BCUT2D eigenvalue weighted by Gasteiger charge is -2.10. The summed E-state index contributed by atoms with van der Waals surface area (Å²) in [4.78, 5) is 11.1. The molecule has 17 heavy (non-hydrogen) atoms. The number of ether oxygens (including phenoxy) is 2. The van der Waals surface area contributed by atoms with Crippen molar-refractivity contribution in [2.45, 2.75) is 25.8 Å². The highest BCUT2D eigenvalue weighted by Crippen LogP contribution is 2.19. The number of rotatable bonds is 5. The molecule has 0 aliphatic carbocycles. The Morgan fingerprint density at radius 3 is 2.65 bits per heavy atom. The van der Waals surface area contributed by atoms with Crippen LogP contribution in [0, 0.1) is 6.92 Å². The van der Waals surface area contributed by atoms with Crippen LogP contribution in [0.2, 0.25) is 0 Å². The molecule has 0 radical (unpaired) electrons. The van der Waals surface area contributed by atoms with Gasteiger partial charge >= 0.3 is 5.97 Å². The topological polar surface area (TPSA) is 61.5 Å². The highest BCUT2D eigenvalue weighted by atomic mass is 16.5. The summed E-state index contributed by atoms with van der Waals surface area (Å²) < 4.78 is 9.76. The van der Waals surface area contributed by atoms with Crippen molar-refractivity contribution in [3.05, 3.63) is 29.3 Å². The van der Waals surface area contributed by atoms with Crippen LogP contribution in [0.5, 0.6) is 5.75 Å². The minimum Gasteiger partial charge on any atom is -0.496 e. The number of hydrogen-bond donors (Lipinski definition) is 1. The molecule has 4 heteroatoms. The van der Waals surface area contributed by atoms with Crippen LogP contribution in [0.1, 0.15) is 17.5 Å². The number of carbonyl (C=O) groups excluding carboxylic acids is 1. The Morgan fingerprint density at radius 1 is 1.41 bits per heavy atom. The van der Waals surface area contributed by atoms with E-state index in [1.807, 2.05) is 25.1 Å². The number of esters is 1. The zero-order valence-corrected chi connectivity index (χ0v) is 10.5. The van der Waals surface area contributed by atoms with E-state index < -0.39 is 6.04 Å². The molecule has 0 heterocycles. The average molecular weight is 237 g/mol. The van der Waals surface area contributed by atoms with E-state index in [-0.39, 0.29) is 5.97 Å². The standard InChI is InChI=1S/C13H19NO3/c1-9-8-10(5-7-12(9)16-2)4-6-11(14)13(15)17-3/h5,7-8,11H,4,6,14H2,1-3H3. The van der Waals surface area contributed by atoms with Crippen LogP contribution >= 0.6 is 0 Å². The van der Waals surface area contributed by atoms with Gasteiger partial charge in [0.2, 0.25) is 0 Å². The second-order valence-electron chi connectivity index (χ2n) is 3.97. The number of hydrogen-bond acceptors (Lipinski definition) is 4. The van der Waals surface area contributed by atoms with E-state index in [2.05, 4.69) is 4.74 Å². The fraction of sp³-hybridized carbons (Fsp3) is 0.462. The second kappa shape index (κ2) is 6.25. The van der Waals surface area contributed by atoms with Gasteiger partial charge in [0.1, 0.15) is 11.8 Å². The summed E-state index contributed by atoms with van der Waals surface area (Å²) >= 11 is 0. The first-order valence-corrected chi connectivity index (χ1v) is 5.55. The molecule has 1 atom stereocenters. The molecule has 1 rings (SSSR count). The van der Waals surface area contributed by atoms with Gasteiger partial charge in [-0.25, -0.2) is 0 Å². The van der Waals surface area contributed by atoms with Gasteiger partial charge in [0, 0.05) is 0 Å². The molecule has 94 valence electrons. The Balaban J connectivity index is 2.58. The van der Waals surface area contributed by atoms with Gasteiger partial charge in [-0.05, 0) is 37.0 Å².